The quantitative estimate of drug-likeness (QED) is 0.109. The Bertz CT molecular complexity index is 4380. The molecule has 13 rings (SSSR count). The fourth-order valence-corrected chi connectivity index (χ4v) is 12.1. The van der Waals surface area contributed by atoms with Crippen LogP contribution in [-0.2, 0) is 45.8 Å². The first kappa shape index (κ1) is 71.0. The second-order valence-corrected chi connectivity index (χ2v) is 29.2. The van der Waals surface area contributed by atoms with Gasteiger partial charge in [0.15, 0.2) is 0 Å². The molecule has 1 N–H and O–H groups in total. The maximum absolute atomic E-state index is 13.2. The third-order valence-corrected chi connectivity index (χ3v) is 15.8. The van der Waals surface area contributed by atoms with Crippen molar-refractivity contribution in [1.29, 1.82) is 0 Å². The summed E-state index contributed by atoms with van der Waals surface area (Å²) in [6, 6.07) is 70.7. The number of hydrogen-bond acceptors (Lipinski definition) is 4. The number of fused-ring (bicyclic) bond motifs is 6. The first-order valence-electron chi connectivity index (χ1n) is 32.1. The van der Waals surface area contributed by atoms with Crippen LogP contribution in [-0.4, -0.2) is 35.2 Å². The average Bonchev–Trinajstić information content (AvgIpc) is 1.60. The van der Waals surface area contributed by atoms with Crippen LogP contribution < -0.4 is 0 Å². The van der Waals surface area contributed by atoms with Crippen molar-refractivity contribution in [3.63, 3.8) is 0 Å². The van der Waals surface area contributed by atoms with Crippen molar-refractivity contribution in [1.82, 2.24) is 24.1 Å². The average molecular weight is 1460 g/mol. The molecule has 13 aromatic rings. The minimum absolute atomic E-state index is 0. The molecule has 0 aliphatic heterocycles. The Kier molecular flexibility index (Phi) is 22.0. The Morgan fingerprint density at radius 3 is 0.938 bits per heavy atom. The molecule has 7 nitrogen and oxygen atoms in total. The van der Waals surface area contributed by atoms with Crippen molar-refractivity contribution in [2.75, 3.05) is 0 Å². The molecule has 0 saturated carbocycles. The van der Waals surface area contributed by atoms with Gasteiger partial charge in [-0.3, -0.25) is 17.6 Å². The maximum Gasteiger partial charge on any atom is 0.354 e. The van der Waals surface area contributed by atoms with Crippen LogP contribution in [0.1, 0.15) is 116 Å². The molecule has 0 aliphatic rings. The minimum Gasteiger partial charge on any atom is -0.477 e. The molecular weight excluding hydrogens is 1380 g/mol. The predicted molar refractivity (Wildman–Crippen MR) is 381 cm³/mol. The van der Waals surface area contributed by atoms with E-state index in [1.165, 1.54) is 101 Å². The maximum atomic E-state index is 13.2. The zero-order chi connectivity index (χ0) is 68.0. The number of nitrogens with zero attached hydrogens (tertiary/aromatic N) is 5. The first-order valence-corrected chi connectivity index (χ1v) is 32.1. The van der Waals surface area contributed by atoms with Crippen molar-refractivity contribution in [2.45, 2.75) is 109 Å². The summed E-state index contributed by atoms with van der Waals surface area (Å²) in [6.07, 6.45) is 8.76. The Labute approximate surface area is 575 Å². The summed E-state index contributed by atoms with van der Waals surface area (Å²) in [5, 5.41) is 13.7. The van der Waals surface area contributed by atoms with Crippen LogP contribution in [0.3, 0.4) is 0 Å². The van der Waals surface area contributed by atoms with E-state index in [4.69, 9.17) is 5.11 Å². The van der Waals surface area contributed by atoms with Gasteiger partial charge in [0.2, 0.25) is 0 Å². The van der Waals surface area contributed by atoms with Crippen LogP contribution in [0.15, 0.2) is 219 Å². The second-order valence-electron chi connectivity index (χ2n) is 29.2. The summed E-state index contributed by atoms with van der Waals surface area (Å²) in [5.41, 5.74) is 17.7. The van der Waals surface area contributed by atoms with E-state index in [0.29, 0.717) is 11.4 Å². The summed E-state index contributed by atoms with van der Waals surface area (Å²) >= 11 is 0. The largest absolute Gasteiger partial charge is 0.477 e. The number of rotatable bonds is 10. The Morgan fingerprint density at radius 2 is 0.698 bits per heavy atom. The van der Waals surface area contributed by atoms with Gasteiger partial charge in [0.05, 0.1) is 22.1 Å². The van der Waals surface area contributed by atoms with Gasteiger partial charge < -0.3 is 24.2 Å². The Morgan fingerprint density at radius 1 is 0.396 bits per heavy atom. The summed E-state index contributed by atoms with van der Waals surface area (Å²) in [6.45, 7) is 27.9. The molecule has 0 fully saturated rings. The Hall–Kier alpha value is -9.35. The summed E-state index contributed by atoms with van der Waals surface area (Å²) < 4.78 is 56.5. The van der Waals surface area contributed by atoms with E-state index in [1.807, 2.05) is 0 Å². The van der Waals surface area contributed by atoms with Gasteiger partial charge in [0, 0.05) is 94.9 Å². The zero-order valence-corrected chi connectivity index (χ0v) is 58.9. The molecule has 5 aromatic heterocycles. The molecular formula is C84H81F4IrN5O2-2. The normalized spacial score (nSPS) is 11.7. The van der Waals surface area contributed by atoms with E-state index in [1.54, 1.807) is 60.9 Å². The number of carboxylic acids is 1. The molecule has 0 spiro atoms. The molecule has 8 aromatic carbocycles. The van der Waals surface area contributed by atoms with Gasteiger partial charge in [-0.2, -0.15) is 0 Å². The Balaban J connectivity index is 0.000000227. The molecule has 0 amide bonds. The van der Waals surface area contributed by atoms with Crippen LogP contribution in [0.4, 0.5) is 17.6 Å². The van der Waals surface area contributed by atoms with Gasteiger partial charge in [-0.15, -0.1) is 24.3 Å². The second kappa shape index (κ2) is 29.7. The summed E-state index contributed by atoms with van der Waals surface area (Å²) in [4.78, 5) is 21.6. The first-order chi connectivity index (χ1) is 45.0. The summed E-state index contributed by atoms with van der Waals surface area (Å²) in [7, 11) is 0. The van der Waals surface area contributed by atoms with E-state index >= 15 is 0 Å². The van der Waals surface area contributed by atoms with Crippen LogP contribution in [0.25, 0.3) is 88.6 Å². The van der Waals surface area contributed by atoms with Crippen LogP contribution in [0, 0.1) is 57.1 Å². The molecule has 0 aliphatic carbocycles. The fourth-order valence-electron chi connectivity index (χ4n) is 12.1. The van der Waals surface area contributed by atoms with Gasteiger partial charge in [0.1, 0.15) is 5.69 Å². The zero-order valence-electron chi connectivity index (χ0n) is 56.5. The van der Waals surface area contributed by atoms with E-state index < -0.39 is 29.2 Å². The van der Waals surface area contributed by atoms with Crippen molar-refractivity contribution >= 4 is 49.6 Å². The topological polar surface area (TPSA) is 85.8 Å². The van der Waals surface area contributed by atoms with Crippen LogP contribution in [0.2, 0.25) is 0 Å². The number of benzene rings is 8. The fraction of sp³-hybridized carbons (Fsp3) is 0.238. The van der Waals surface area contributed by atoms with E-state index in [0.717, 1.165) is 49.9 Å². The number of hydrogen-bond donors (Lipinski definition) is 1. The van der Waals surface area contributed by atoms with Crippen molar-refractivity contribution in [3.05, 3.63) is 282 Å². The summed E-state index contributed by atoms with van der Waals surface area (Å²) in [5.74, 6) is -3.56. The molecule has 0 unspecified atom stereocenters. The minimum atomic E-state index is -0.990. The van der Waals surface area contributed by atoms with Gasteiger partial charge >= 0.3 is 5.97 Å². The monoisotopic (exact) mass is 1460 g/mol. The van der Waals surface area contributed by atoms with E-state index in [-0.39, 0.29) is 58.6 Å². The third kappa shape index (κ3) is 18.1. The van der Waals surface area contributed by atoms with Gasteiger partial charge in [-0.05, 0) is 189 Å². The molecule has 0 saturated heterocycles. The molecule has 1 radical (unpaired) electrons. The van der Waals surface area contributed by atoms with Crippen molar-refractivity contribution in [2.24, 2.45) is 21.7 Å². The molecule has 0 bridgehead atoms. The SMILES string of the molecule is CC(C)(C)Cc1ccc2c(c1)c1cc(CC(C)(C)C)ccc1n2-c1ccc(-c2ccc(-n3c4ccc(CC(C)(C)C)cc4c4cc(CC(C)(C)C)ccc43)cc2)cc1.Fc1c[c-]c(-c2ccccn2)c(F)c1.Fc1c[c-]c(-c2ccccn2)c(F)c1.O=C(O)c1ccccn1.[Ir]. The molecule has 96 heavy (non-hydrogen) atoms. The predicted octanol–water partition coefficient (Wildman–Crippen LogP) is 22.3. The van der Waals surface area contributed by atoms with Crippen LogP contribution in [0.5, 0.6) is 0 Å². The number of halogens is 4. The number of aromatic carboxylic acids is 1. The molecule has 12 heteroatoms. The third-order valence-electron chi connectivity index (χ3n) is 15.8. The number of carboxylic acid groups (broad SMARTS) is 1. The van der Waals surface area contributed by atoms with E-state index in [2.05, 4.69) is 241 Å². The standard InChI is InChI=1S/C56H64N2.2C11H6F2N.C6H5NO2.Ir/c1-53(2,3)33-37-13-25-49-45(29-37)46-30-38(34-54(4,5)6)14-26-50(46)57(49)43-21-17-41(18-22-43)42-19-23-44(24-20-42)58-51-27-15-39(35-55(7,8)9)31-47(51)48-32-40(16-28-52(48)58)36-56(10,11)12;2*12-8-4-5-9(10(13)7-8)11-3-1-2-6-14-11;8-6(9)5-3-1-2-4-7-5;/h13-32H,33-36H2,1-12H3;2*1-4,6-7H;1-4H,(H,8,9);/q;2*-1;;. The number of aromatic nitrogens is 5. The van der Waals surface area contributed by atoms with Gasteiger partial charge in [-0.1, -0.05) is 185 Å². The molecule has 0 atom stereocenters. The molecule has 493 valence electrons. The van der Waals surface area contributed by atoms with Gasteiger partial charge in [-0.25, -0.2) is 9.78 Å². The number of carbonyl (C=O) groups is 1. The van der Waals surface area contributed by atoms with Crippen molar-refractivity contribution < 1.29 is 47.6 Å². The van der Waals surface area contributed by atoms with Crippen molar-refractivity contribution in [3.8, 4) is 45.0 Å². The number of pyridine rings is 3. The van der Waals surface area contributed by atoms with Crippen LogP contribution >= 0.6 is 0 Å². The van der Waals surface area contributed by atoms with Gasteiger partial charge in [0.25, 0.3) is 0 Å². The smallest absolute Gasteiger partial charge is 0.354 e. The van der Waals surface area contributed by atoms with E-state index in [9.17, 15) is 22.4 Å². The molecule has 5 heterocycles.